The lowest BCUT2D eigenvalue weighted by Crippen LogP contribution is -2.47. The molecule has 0 aliphatic heterocycles. The Hall–Kier alpha value is -3.68. The van der Waals surface area contributed by atoms with Gasteiger partial charge in [-0.2, -0.15) is 5.10 Å². The van der Waals surface area contributed by atoms with Crippen molar-refractivity contribution in [2.45, 2.75) is 26.3 Å². The molecule has 28 heavy (non-hydrogen) atoms. The van der Waals surface area contributed by atoms with Gasteiger partial charge in [0.25, 0.3) is 11.5 Å². The van der Waals surface area contributed by atoms with Gasteiger partial charge in [-0.3, -0.25) is 14.4 Å². The summed E-state index contributed by atoms with van der Waals surface area (Å²) >= 11 is 0. The first-order chi connectivity index (χ1) is 13.3. The minimum absolute atomic E-state index is 0.214. The van der Waals surface area contributed by atoms with Crippen molar-refractivity contribution in [3.8, 4) is 11.5 Å². The highest BCUT2D eigenvalue weighted by Gasteiger charge is 2.32. The number of nitrogens with one attached hydrogen (secondary N) is 2. The fourth-order valence-corrected chi connectivity index (χ4v) is 2.63. The first kappa shape index (κ1) is 19.1. The van der Waals surface area contributed by atoms with E-state index >= 15 is 0 Å². The van der Waals surface area contributed by atoms with E-state index in [1.54, 1.807) is 56.3 Å². The van der Waals surface area contributed by atoms with E-state index in [2.05, 4.69) is 15.7 Å². The molecule has 3 aromatic rings. The van der Waals surface area contributed by atoms with Gasteiger partial charge in [0.2, 0.25) is 5.91 Å². The fraction of sp³-hybridized carbons (Fsp3) is 0.200. The van der Waals surface area contributed by atoms with E-state index in [-0.39, 0.29) is 5.91 Å². The first-order valence-electron chi connectivity index (χ1n) is 8.61. The van der Waals surface area contributed by atoms with Crippen molar-refractivity contribution in [1.29, 1.82) is 0 Å². The van der Waals surface area contributed by atoms with Crippen LogP contribution in [-0.4, -0.2) is 21.6 Å². The second-order valence-electron chi connectivity index (χ2n) is 6.72. The van der Waals surface area contributed by atoms with Gasteiger partial charge in [0.1, 0.15) is 11.2 Å². The van der Waals surface area contributed by atoms with Crippen molar-refractivity contribution in [2.24, 2.45) is 0 Å². The molecular formula is C20H20N4O4. The first-order valence-corrected chi connectivity index (χ1v) is 8.61. The summed E-state index contributed by atoms with van der Waals surface area (Å²) in [5, 5.41) is 9.71. The number of nitrogens with zero attached hydrogens (tertiary/aromatic N) is 2. The molecule has 8 nitrogen and oxygen atoms in total. The summed E-state index contributed by atoms with van der Waals surface area (Å²) in [5.41, 5.74) is -0.206. The monoisotopic (exact) mass is 380 g/mol. The molecule has 3 rings (SSSR count). The highest BCUT2D eigenvalue weighted by Crippen LogP contribution is 2.21. The molecule has 0 atom stereocenters. The van der Waals surface area contributed by atoms with Crippen LogP contribution >= 0.6 is 0 Å². The quantitative estimate of drug-likeness (QED) is 0.708. The Morgan fingerprint density at radius 2 is 1.75 bits per heavy atom. The normalized spacial score (nSPS) is 11.1. The number of benzene rings is 1. The predicted molar refractivity (Wildman–Crippen MR) is 105 cm³/mol. The maximum atomic E-state index is 12.9. The second-order valence-corrected chi connectivity index (χ2v) is 6.72. The van der Waals surface area contributed by atoms with Crippen LogP contribution in [0.15, 0.2) is 64.0 Å². The van der Waals surface area contributed by atoms with E-state index in [1.165, 1.54) is 19.3 Å². The van der Waals surface area contributed by atoms with Crippen molar-refractivity contribution < 1.29 is 14.0 Å². The topological polar surface area (TPSA) is 106 Å². The number of hydrogen-bond donors (Lipinski definition) is 2. The second kappa shape index (κ2) is 7.51. The van der Waals surface area contributed by atoms with Crippen LogP contribution < -0.4 is 16.2 Å². The van der Waals surface area contributed by atoms with Crippen LogP contribution in [0.4, 0.5) is 11.4 Å². The molecule has 0 aliphatic carbocycles. The molecule has 0 fully saturated rings. The molecular weight excluding hydrogens is 360 g/mol. The van der Waals surface area contributed by atoms with Gasteiger partial charge in [-0.1, -0.05) is 6.07 Å². The van der Waals surface area contributed by atoms with Crippen molar-refractivity contribution in [1.82, 2.24) is 9.78 Å². The Morgan fingerprint density at radius 1 is 1.04 bits per heavy atom. The zero-order valence-electron chi connectivity index (χ0n) is 15.7. The van der Waals surface area contributed by atoms with E-state index in [4.69, 9.17) is 4.42 Å². The molecule has 0 aliphatic rings. The van der Waals surface area contributed by atoms with Gasteiger partial charge in [0, 0.05) is 24.4 Å². The van der Waals surface area contributed by atoms with Gasteiger partial charge in [-0.15, -0.1) is 0 Å². The van der Waals surface area contributed by atoms with Crippen molar-refractivity contribution in [2.75, 3.05) is 10.6 Å². The zero-order valence-corrected chi connectivity index (χ0v) is 15.7. The summed E-state index contributed by atoms with van der Waals surface area (Å²) in [6.45, 7) is 4.60. The molecule has 2 amide bonds. The van der Waals surface area contributed by atoms with Gasteiger partial charge >= 0.3 is 0 Å². The third-order valence-corrected chi connectivity index (χ3v) is 4.10. The highest BCUT2D eigenvalue weighted by molar-refractivity contribution is 5.97. The summed E-state index contributed by atoms with van der Waals surface area (Å²) in [4.78, 5) is 36.5. The van der Waals surface area contributed by atoms with E-state index in [0.29, 0.717) is 22.8 Å². The lowest BCUT2D eigenvalue weighted by molar-refractivity contribution is -0.123. The molecule has 0 spiro atoms. The Kier molecular flexibility index (Phi) is 5.12. The molecule has 144 valence electrons. The van der Waals surface area contributed by atoms with Crippen LogP contribution in [0.2, 0.25) is 0 Å². The van der Waals surface area contributed by atoms with Crippen LogP contribution in [0.25, 0.3) is 11.5 Å². The minimum Gasteiger partial charge on any atom is -0.463 e. The smallest absolute Gasteiger partial charge is 0.267 e. The van der Waals surface area contributed by atoms with Crippen molar-refractivity contribution >= 4 is 23.2 Å². The molecule has 0 radical (unpaired) electrons. The number of hydrogen-bond acceptors (Lipinski definition) is 5. The Labute approximate surface area is 161 Å². The number of carbonyl (C=O) groups excluding carboxylic acids is 2. The summed E-state index contributed by atoms with van der Waals surface area (Å²) in [5.74, 6) is -0.152. The molecule has 0 saturated carbocycles. The number of carbonyl (C=O) groups is 2. The molecule has 0 unspecified atom stereocenters. The third kappa shape index (κ3) is 4.01. The zero-order chi connectivity index (χ0) is 20.3. The van der Waals surface area contributed by atoms with E-state index in [0.717, 1.165) is 4.68 Å². The van der Waals surface area contributed by atoms with Gasteiger partial charge < -0.3 is 15.1 Å². The number of furan rings is 1. The van der Waals surface area contributed by atoms with Gasteiger partial charge in [-0.25, -0.2) is 4.68 Å². The standard InChI is InChI=1S/C20H20N4O4/c1-13(25)21-14-6-4-7-15(12-14)22-19(27)20(2,3)24-18(26)10-9-16(23-24)17-8-5-11-28-17/h4-12H,1-3H3,(H,21,25)(H,22,27). The molecule has 2 aromatic heterocycles. The third-order valence-electron chi connectivity index (χ3n) is 4.10. The lowest BCUT2D eigenvalue weighted by Gasteiger charge is -2.25. The maximum Gasteiger partial charge on any atom is 0.267 e. The predicted octanol–water partition coefficient (Wildman–Crippen LogP) is 2.84. The highest BCUT2D eigenvalue weighted by atomic mass is 16.3. The molecule has 2 N–H and O–H groups in total. The van der Waals surface area contributed by atoms with Crippen LogP contribution in [0, 0.1) is 0 Å². The average Bonchev–Trinajstić information content (AvgIpc) is 3.16. The number of anilines is 2. The van der Waals surface area contributed by atoms with Crippen LogP contribution in [0.3, 0.4) is 0 Å². The number of rotatable bonds is 5. The molecule has 8 heteroatoms. The van der Waals surface area contributed by atoms with Crippen molar-refractivity contribution in [3.05, 3.63) is 65.1 Å². The summed E-state index contributed by atoms with van der Waals surface area (Å²) in [6, 6.07) is 13.1. The van der Waals surface area contributed by atoms with E-state index < -0.39 is 17.0 Å². The van der Waals surface area contributed by atoms with E-state index in [1.807, 2.05) is 0 Å². The van der Waals surface area contributed by atoms with Gasteiger partial charge in [0.15, 0.2) is 5.76 Å². The number of aromatic nitrogens is 2. The van der Waals surface area contributed by atoms with Crippen LogP contribution in [0.5, 0.6) is 0 Å². The summed E-state index contributed by atoms with van der Waals surface area (Å²) in [6.07, 6.45) is 1.51. The largest absolute Gasteiger partial charge is 0.463 e. The summed E-state index contributed by atoms with van der Waals surface area (Å²) < 4.78 is 6.44. The number of amides is 2. The van der Waals surface area contributed by atoms with Gasteiger partial charge in [0.05, 0.1) is 6.26 Å². The Balaban J connectivity index is 1.88. The molecule has 1 aromatic carbocycles. The average molecular weight is 380 g/mol. The van der Waals surface area contributed by atoms with E-state index in [9.17, 15) is 14.4 Å². The molecule has 0 saturated heterocycles. The summed E-state index contributed by atoms with van der Waals surface area (Å²) in [7, 11) is 0. The maximum absolute atomic E-state index is 12.9. The Bertz CT molecular complexity index is 1070. The van der Waals surface area contributed by atoms with Crippen LogP contribution in [0.1, 0.15) is 20.8 Å². The minimum atomic E-state index is -1.27. The van der Waals surface area contributed by atoms with Crippen LogP contribution in [-0.2, 0) is 15.1 Å². The Morgan fingerprint density at radius 3 is 2.39 bits per heavy atom. The van der Waals surface area contributed by atoms with Crippen molar-refractivity contribution in [3.63, 3.8) is 0 Å². The lowest BCUT2D eigenvalue weighted by atomic mass is 10.0. The van der Waals surface area contributed by atoms with Gasteiger partial charge in [-0.05, 0) is 50.2 Å². The molecule has 0 bridgehead atoms. The SMILES string of the molecule is CC(=O)Nc1cccc(NC(=O)C(C)(C)n2nc(-c3ccco3)ccc2=O)c1. The molecule has 2 heterocycles. The fourth-order valence-electron chi connectivity index (χ4n) is 2.63.